The fourth-order valence-electron chi connectivity index (χ4n) is 4.40. The Kier molecular flexibility index (Phi) is 4.06. The van der Waals surface area contributed by atoms with Gasteiger partial charge in [-0.25, -0.2) is 0 Å². The van der Waals surface area contributed by atoms with Crippen molar-refractivity contribution in [1.29, 1.82) is 0 Å². The third kappa shape index (κ3) is 2.72. The van der Waals surface area contributed by atoms with Crippen LogP contribution in [0.4, 0.5) is 0 Å². The average molecular weight is 342 g/mol. The molecule has 2 fully saturated rings. The maximum absolute atomic E-state index is 6.13. The van der Waals surface area contributed by atoms with Crippen LogP contribution >= 0.6 is 11.6 Å². The first kappa shape index (κ1) is 16.0. The molecule has 2 aliphatic rings. The Labute approximate surface area is 149 Å². The quantitative estimate of drug-likeness (QED) is 0.791. The first-order chi connectivity index (χ1) is 11.6. The molecule has 2 nitrogen and oxygen atoms in total. The molecule has 4 rings (SSSR count). The Morgan fingerprint density at radius 1 is 1.12 bits per heavy atom. The third-order valence-electron chi connectivity index (χ3n) is 5.97. The normalized spacial score (nSPS) is 28.6. The van der Waals surface area contributed by atoms with Crippen LogP contribution in [0.3, 0.4) is 0 Å². The summed E-state index contributed by atoms with van der Waals surface area (Å²) >= 11 is 6.13. The number of para-hydroxylation sites is 1. The summed E-state index contributed by atoms with van der Waals surface area (Å²) in [5.41, 5.74) is 3.26. The highest BCUT2D eigenvalue weighted by Crippen LogP contribution is 2.63. The van der Waals surface area contributed by atoms with Crippen molar-refractivity contribution in [3.63, 3.8) is 0 Å². The van der Waals surface area contributed by atoms with Crippen molar-refractivity contribution >= 4 is 11.6 Å². The van der Waals surface area contributed by atoms with Crippen LogP contribution in [0.5, 0.6) is 5.75 Å². The molecule has 3 heteroatoms. The molecule has 1 saturated carbocycles. The number of hydrogen-bond acceptors (Lipinski definition) is 2. The van der Waals surface area contributed by atoms with Crippen molar-refractivity contribution in [2.75, 3.05) is 26.2 Å². The second kappa shape index (κ2) is 6.09. The molecular weight excluding hydrogens is 318 g/mol. The summed E-state index contributed by atoms with van der Waals surface area (Å²) in [6.45, 7) is 8.66. The van der Waals surface area contributed by atoms with Gasteiger partial charge in [-0.15, -0.1) is 0 Å². The van der Waals surface area contributed by atoms with Crippen molar-refractivity contribution in [2.45, 2.75) is 19.3 Å². The number of likely N-dealkylation sites (tertiary alicyclic amines) is 1. The van der Waals surface area contributed by atoms with E-state index in [1.165, 1.54) is 24.2 Å². The van der Waals surface area contributed by atoms with E-state index in [-0.39, 0.29) is 0 Å². The van der Waals surface area contributed by atoms with Crippen LogP contribution < -0.4 is 4.74 Å². The van der Waals surface area contributed by atoms with Gasteiger partial charge in [0, 0.05) is 25.0 Å². The number of nitrogens with zero attached hydrogens (tertiary/aromatic N) is 1. The monoisotopic (exact) mass is 341 g/mol. The van der Waals surface area contributed by atoms with Gasteiger partial charge in [0.15, 0.2) is 0 Å². The van der Waals surface area contributed by atoms with E-state index in [0.29, 0.717) is 17.0 Å². The summed E-state index contributed by atoms with van der Waals surface area (Å²) in [7, 11) is 0. The molecule has 2 unspecified atom stereocenters. The van der Waals surface area contributed by atoms with E-state index in [2.05, 4.69) is 43.0 Å². The standard InChI is InChI=1S/C21H24ClNO/c1-15-6-5-7-16(12-15)21(2)17-13-23(14-18(17)21)10-11-24-20-9-4-3-8-19(20)22/h3-9,12,17-18H,10-11,13-14H2,1-2H3. The molecule has 1 saturated heterocycles. The van der Waals surface area contributed by atoms with Crippen molar-refractivity contribution in [1.82, 2.24) is 4.90 Å². The number of rotatable bonds is 5. The number of benzene rings is 2. The first-order valence-corrected chi connectivity index (χ1v) is 9.13. The second-order valence-corrected chi connectivity index (χ2v) is 7.81. The number of ether oxygens (including phenoxy) is 1. The zero-order valence-corrected chi connectivity index (χ0v) is 15.1. The largest absolute Gasteiger partial charge is 0.491 e. The lowest BCUT2D eigenvalue weighted by atomic mass is 9.91. The van der Waals surface area contributed by atoms with Gasteiger partial charge >= 0.3 is 0 Å². The molecule has 0 bridgehead atoms. The molecule has 0 spiro atoms. The lowest BCUT2D eigenvalue weighted by Crippen LogP contribution is -2.32. The third-order valence-corrected chi connectivity index (χ3v) is 6.28. The molecule has 2 aromatic carbocycles. The van der Waals surface area contributed by atoms with Crippen LogP contribution in [0.25, 0.3) is 0 Å². The summed E-state index contributed by atoms with van der Waals surface area (Å²) in [5, 5.41) is 0.689. The topological polar surface area (TPSA) is 12.5 Å². The zero-order valence-electron chi connectivity index (χ0n) is 14.3. The van der Waals surface area contributed by atoms with E-state index < -0.39 is 0 Å². The molecule has 0 N–H and O–H groups in total. The van der Waals surface area contributed by atoms with Gasteiger partial charge in [0.25, 0.3) is 0 Å². The van der Waals surface area contributed by atoms with Crippen molar-refractivity contribution < 1.29 is 4.74 Å². The molecule has 0 aromatic heterocycles. The molecule has 126 valence electrons. The summed E-state index contributed by atoms with van der Waals surface area (Å²) < 4.78 is 5.83. The van der Waals surface area contributed by atoms with Crippen LogP contribution in [0, 0.1) is 18.8 Å². The van der Waals surface area contributed by atoms with E-state index in [0.717, 1.165) is 24.1 Å². The van der Waals surface area contributed by atoms with E-state index in [9.17, 15) is 0 Å². The lowest BCUT2D eigenvalue weighted by molar-refractivity contribution is 0.213. The van der Waals surface area contributed by atoms with Crippen LogP contribution in [0.1, 0.15) is 18.1 Å². The molecular formula is C21H24ClNO. The van der Waals surface area contributed by atoms with E-state index in [1.807, 2.05) is 24.3 Å². The molecule has 1 heterocycles. The van der Waals surface area contributed by atoms with Crippen molar-refractivity contribution in [2.24, 2.45) is 11.8 Å². The Morgan fingerprint density at radius 3 is 2.58 bits per heavy atom. The highest BCUT2D eigenvalue weighted by Gasteiger charge is 2.65. The number of fused-ring (bicyclic) bond motifs is 1. The summed E-state index contributed by atoms with van der Waals surface area (Å²) in [6, 6.07) is 16.7. The van der Waals surface area contributed by atoms with Crippen molar-refractivity contribution in [3.05, 3.63) is 64.7 Å². The molecule has 1 aliphatic carbocycles. The van der Waals surface area contributed by atoms with Crippen LogP contribution in [-0.2, 0) is 5.41 Å². The maximum Gasteiger partial charge on any atom is 0.137 e. The highest BCUT2D eigenvalue weighted by atomic mass is 35.5. The Hall–Kier alpha value is -1.51. The van der Waals surface area contributed by atoms with Crippen LogP contribution in [0.2, 0.25) is 5.02 Å². The first-order valence-electron chi connectivity index (χ1n) is 8.76. The van der Waals surface area contributed by atoms with Crippen molar-refractivity contribution in [3.8, 4) is 5.75 Å². The smallest absolute Gasteiger partial charge is 0.137 e. The number of piperidine rings is 1. The molecule has 2 atom stereocenters. The van der Waals surface area contributed by atoms with E-state index in [1.54, 1.807) is 0 Å². The Bertz CT molecular complexity index is 732. The summed E-state index contributed by atoms with van der Waals surface area (Å²) in [4.78, 5) is 2.53. The predicted octanol–water partition coefficient (Wildman–Crippen LogP) is 4.55. The van der Waals surface area contributed by atoms with Crippen LogP contribution in [-0.4, -0.2) is 31.1 Å². The summed E-state index contributed by atoms with van der Waals surface area (Å²) in [5.74, 6) is 2.37. The molecule has 1 aliphatic heterocycles. The van der Waals surface area contributed by atoms with Crippen LogP contribution in [0.15, 0.2) is 48.5 Å². The molecule has 0 amide bonds. The number of halogens is 1. The lowest BCUT2D eigenvalue weighted by Gasteiger charge is -2.24. The van der Waals surface area contributed by atoms with Gasteiger partial charge in [-0.1, -0.05) is 60.5 Å². The van der Waals surface area contributed by atoms with E-state index in [4.69, 9.17) is 16.3 Å². The second-order valence-electron chi connectivity index (χ2n) is 7.40. The van der Waals surface area contributed by atoms with Gasteiger partial charge in [0.2, 0.25) is 0 Å². The minimum atomic E-state index is 0.381. The maximum atomic E-state index is 6.13. The molecule has 24 heavy (non-hydrogen) atoms. The number of hydrogen-bond donors (Lipinski definition) is 0. The molecule has 0 radical (unpaired) electrons. The van der Waals surface area contributed by atoms with Gasteiger partial charge in [0.05, 0.1) is 5.02 Å². The highest BCUT2D eigenvalue weighted by molar-refractivity contribution is 6.32. The average Bonchev–Trinajstić information content (AvgIpc) is 2.94. The SMILES string of the molecule is Cc1cccc(C2(C)C3CN(CCOc4ccccc4Cl)CC32)c1. The fourth-order valence-corrected chi connectivity index (χ4v) is 4.59. The minimum Gasteiger partial charge on any atom is -0.491 e. The molecule has 2 aromatic rings. The van der Waals surface area contributed by atoms with Gasteiger partial charge in [-0.3, -0.25) is 4.90 Å². The van der Waals surface area contributed by atoms with Gasteiger partial charge in [-0.05, 0) is 36.5 Å². The van der Waals surface area contributed by atoms with E-state index >= 15 is 0 Å². The zero-order chi connectivity index (χ0) is 16.7. The Morgan fingerprint density at radius 2 is 1.88 bits per heavy atom. The van der Waals surface area contributed by atoms with Gasteiger partial charge in [-0.2, -0.15) is 0 Å². The predicted molar refractivity (Wildman–Crippen MR) is 98.9 cm³/mol. The summed E-state index contributed by atoms with van der Waals surface area (Å²) in [6.07, 6.45) is 0. The minimum absolute atomic E-state index is 0.381. The van der Waals surface area contributed by atoms with Gasteiger partial charge in [0.1, 0.15) is 12.4 Å². The number of aryl methyl sites for hydroxylation is 1. The fraction of sp³-hybridized carbons (Fsp3) is 0.429. The Balaban J connectivity index is 1.30. The van der Waals surface area contributed by atoms with Gasteiger partial charge < -0.3 is 4.74 Å².